The van der Waals surface area contributed by atoms with Gasteiger partial charge in [0.15, 0.2) is 0 Å². The molecule has 1 saturated heterocycles. The lowest BCUT2D eigenvalue weighted by molar-refractivity contribution is -0.140. The molecule has 1 amide bonds. The Morgan fingerprint density at radius 3 is 2.70 bits per heavy atom. The van der Waals surface area contributed by atoms with Crippen LogP contribution in [0.4, 0.5) is 13.2 Å². The molecule has 1 N–H and O–H groups in total. The number of carbonyl (C=O) groups is 2. The molecule has 1 fully saturated rings. The van der Waals surface area contributed by atoms with E-state index in [1.165, 1.54) is 30.3 Å². The average Bonchev–Trinajstić information content (AvgIpc) is 3.15. The summed E-state index contributed by atoms with van der Waals surface area (Å²) < 4.78 is 44.1. The van der Waals surface area contributed by atoms with Gasteiger partial charge in [0.25, 0.3) is 5.91 Å². The summed E-state index contributed by atoms with van der Waals surface area (Å²) in [7, 11) is 0. The second-order valence-electron chi connectivity index (χ2n) is 5.44. The highest BCUT2D eigenvalue weighted by Crippen LogP contribution is 2.35. The molecule has 10 heteroatoms. The Kier molecular flexibility index (Phi) is 5.11. The standard InChI is InChI=1S/C17H10F3NO4S2/c18-17(19,20)10-3-1-2-9(6-10)12-5-4-11(25-12)7-13-15(24)21(8-14(22)23)16(26)27-13/h1-7H,8H2,(H,22,23)/b13-7+. The van der Waals surface area contributed by atoms with Crippen LogP contribution in [-0.4, -0.2) is 32.7 Å². The van der Waals surface area contributed by atoms with Gasteiger partial charge >= 0.3 is 12.1 Å². The fourth-order valence-corrected chi connectivity index (χ4v) is 3.57. The first-order valence-corrected chi connectivity index (χ1v) is 8.62. The number of hydrogen-bond acceptors (Lipinski definition) is 5. The second kappa shape index (κ2) is 7.20. The van der Waals surface area contributed by atoms with Gasteiger partial charge in [0, 0.05) is 11.6 Å². The third-order valence-corrected chi connectivity index (χ3v) is 4.92. The molecular weight excluding hydrogens is 403 g/mol. The molecule has 0 unspecified atom stereocenters. The minimum absolute atomic E-state index is 0.110. The maximum absolute atomic E-state index is 12.8. The number of nitrogens with zero attached hydrogens (tertiary/aromatic N) is 1. The molecule has 1 aliphatic rings. The van der Waals surface area contributed by atoms with Crippen molar-refractivity contribution in [3.63, 3.8) is 0 Å². The summed E-state index contributed by atoms with van der Waals surface area (Å²) >= 11 is 5.91. The van der Waals surface area contributed by atoms with E-state index in [2.05, 4.69) is 0 Å². The number of halogens is 3. The zero-order valence-electron chi connectivity index (χ0n) is 13.3. The van der Waals surface area contributed by atoms with E-state index in [0.29, 0.717) is 0 Å². The third kappa shape index (κ3) is 4.22. The number of carboxylic acid groups (broad SMARTS) is 1. The Hall–Kier alpha value is -2.59. The number of aliphatic carboxylic acids is 1. The number of thioether (sulfide) groups is 1. The molecule has 3 rings (SSSR count). The molecule has 1 aromatic carbocycles. The summed E-state index contributed by atoms with van der Waals surface area (Å²) in [6.45, 7) is -0.546. The number of alkyl halides is 3. The van der Waals surface area contributed by atoms with E-state index in [0.717, 1.165) is 28.8 Å². The topological polar surface area (TPSA) is 70.8 Å². The van der Waals surface area contributed by atoms with Gasteiger partial charge in [0.05, 0.1) is 10.5 Å². The number of thiocarbonyl (C=S) groups is 1. The molecule has 1 aliphatic heterocycles. The molecule has 27 heavy (non-hydrogen) atoms. The normalized spacial score (nSPS) is 16.4. The van der Waals surface area contributed by atoms with Crippen LogP contribution >= 0.6 is 24.0 Å². The molecule has 0 atom stereocenters. The van der Waals surface area contributed by atoms with Crippen LogP contribution in [0.2, 0.25) is 0 Å². The Balaban J connectivity index is 1.85. The third-order valence-electron chi connectivity index (χ3n) is 3.54. The first-order valence-electron chi connectivity index (χ1n) is 7.40. The maximum Gasteiger partial charge on any atom is 0.416 e. The van der Waals surface area contributed by atoms with Gasteiger partial charge in [-0.05, 0) is 24.3 Å². The minimum atomic E-state index is -4.47. The van der Waals surface area contributed by atoms with Crippen molar-refractivity contribution in [2.24, 2.45) is 0 Å². The van der Waals surface area contributed by atoms with Gasteiger partial charge in [0.1, 0.15) is 22.4 Å². The van der Waals surface area contributed by atoms with Gasteiger partial charge in [-0.2, -0.15) is 13.2 Å². The lowest BCUT2D eigenvalue weighted by atomic mass is 10.1. The van der Waals surface area contributed by atoms with Gasteiger partial charge in [-0.15, -0.1) is 0 Å². The van der Waals surface area contributed by atoms with Gasteiger partial charge in [-0.25, -0.2) is 0 Å². The van der Waals surface area contributed by atoms with Crippen LogP contribution in [0.15, 0.2) is 45.7 Å². The fraction of sp³-hybridized carbons (Fsp3) is 0.118. The smallest absolute Gasteiger partial charge is 0.416 e. The van der Waals surface area contributed by atoms with Gasteiger partial charge in [-0.1, -0.05) is 36.1 Å². The highest BCUT2D eigenvalue weighted by atomic mass is 32.2. The largest absolute Gasteiger partial charge is 0.480 e. The molecule has 5 nitrogen and oxygen atoms in total. The van der Waals surface area contributed by atoms with E-state index in [-0.39, 0.29) is 26.3 Å². The molecule has 0 spiro atoms. The number of hydrogen-bond donors (Lipinski definition) is 1. The molecule has 0 aliphatic carbocycles. The van der Waals surface area contributed by atoms with Crippen LogP contribution in [0.1, 0.15) is 11.3 Å². The lowest BCUT2D eigenvalue weighted by Gasteiger charge is -2.09. The van der Waals surface area contributed by atoms with Crippen molar-refractivity contribution in [2.75, 3.05) is 6.54 Å². The number of benzene rings is 1. The molecule has 2 aromatic rings. The first-order chi connectivity index (χ1) is 12.6. The number of carboxylic acids is 1. The van der Waals surface area contributed by atoms with Crippen molar-refractivity contribution >= 4 is 46.3 Å². The zero-order chi connectivity index (χ0) is 19.8. The maximum atomic E-state index is 12.8. The minimum Gasteiger partial charge on any atom is -0.480 e. The molecule has 1 aromatic heterocycles. The average molecular weight is 413 g/mol. The van der Waals surface area contributed by atoms with Crippen molar-refractivity contribution in [1.29, 1.82) is 0 Å². The Morgan fingerprint density at radius 2 is 2.04 bits per heavy atom. The number of furan rings is 1. The quantitative estimate of drug-likeness (QED) is 0.597. The number of carbonyl (C=O) groups excluding carboxylic acids is 1. The monoisotopic (exact) mass is 413 g/mol. The molecule has 0 saturated carbocycles. The van der Waals surface area contributed by atoms with Crippen molar-refractivity contribution in [1.82, 2.24) is 4.90 Å². The summed E-state index contributed by atoms with van der Waals surface area (Å²) in [6.07, 6.45) is -3.10. The molecule has 0 bridgehead atoms. The second-order valence-corrected chi connectivity index (χ2v) is 7.12. The van der Waals surface area contributed by atoms with E-state index in [9.17, 15) is 22.8 Å². The van der Waals surface area contributed by atoms with Crippen LogP contribution in [0.5, 0.6) is 0 Å². The zero-order valence-corrected chi connectivity index (χ0v) is 15.0. The van der Waals surface area contributed by atoms with E-state index < -0.39 is 30.2 Å². The van der Waals surface area contributed by atoms with Crippen molar-refractivity contribution in [2.45, 2.75) is 6.18 Å². The van der Waals surface area contributed by atoms with E-state index in [4.69, 9.17) is 21.7 Å². The highest BCUT2D eigenvalue weighted by molar-refractivity contribution is 8.26. The van der Waals surface area contributed by atoms with Crippen LogP contribution in [0.3, 0.4) is 0 Å². The summed E-state index contributed by atoms with van der Waals surface area (Å²) in [5.74, 6) is -1.33. The van der Waals surface area contributed by atoms with E-state index in [1.807, 2.05) is 0 Å². The Bertz CT molecular complexity index is 965. The van der Waals surface area contributed by atoms with Gasteiger partial charge in [0.2, 0.25) is 0 Å². The lowest BCUT2D eigenvalue weighted by Crippen LogP contribution is -2.33. The van der Waals surface area contributed by atoms with Crippen LogP contribution in [0.25, 0.3) is 17.4 Å². The van der Waals surface area contributed by atoms with Crippen LogP contribution in [0, 0.1) is 0 Å². The van der Waals surface area contributed by atoms with Crippen molar-refractivity contribution in [3.8, 4) is 11.3 Å². The Labute approximate surface area is 160 Å². The predicted molar refractivity (Wildman–Crippen MR) is 96.7 cm³/mol. The Morgan fingerprint density at radius 1 is 1.30 bits per heavy atom. The molecular formula is C17H10F3NO4S2. The van der Waals surface area contributed by atoms with E-state index in [1.54, 1.807) is 0 Å². The first kappa shape index (κ1) is 19.2. The van der Waals surface area contributed by atoms with Crippen molar-refractivity contribution in [3.05, 3.63) is 52.6 Å². The molecule has 0 radical (unpaired) electrons. The summed E-state index contributed by atoms with van der Waals surface area (Å²) in [5.41, 5.74) is -0.560. The van der Waals surface area contributed by atoms with E-state index >= 15 is 0 Å². The van der Waals surface area contributed by atoms with Gasteiger partial charge in [-0.3, -0.25) is 14.5 Å². The SMILES string of the molecule is O=C(O)CN1C(=O)/C(=C\c2ccc(-c3cccc(C(F)(F)F)c3)o2)SC1=S. The number of rotatable bonds is 4. The number of amides is 1. The van der Waals surface area contributed by atoms with Crippen molar-refractivity contribution < 1.29 is 32.3 Å². The summed E-state index contributed by atoms with van der Waals surface area (Å²) in [6, 6.07) is 7.66. The van der Waals surface area contributed by atoms with Gasteiger partial charge < -0.3 is 9.52 Å². The molecule has 2 heterocycles. The predicted octanol–water partition coefficient (Wildman–Crippen LogP) is 4.25. The molecule has 140 valence electrons. The van der Waals surface area contributed by atoms with Crippen LogP contribution in [-0.2, 0) is 15.8 Å². The fourth-order valence-electron chi connectivity index (χ4n) is 2.34. The summed E-state index contributed by atoms with van der Waals surface area (Å²) in [5, 5.41) is 8.81. The van der Waals surface area contributed by atoms with Crippen LogP contribution < -0.4 is 0 Å². The highest BCUT2D eigenvalue weighted by Gasteiger charge is 2.34. The summed E-state index contributed by atoms with van der Waals surface area (Å²) in [4.78, 5) is 24.1.